The number of aryl methyl sites for hydroxylation is 1. The Labute approximate surface area is 174 Å². The molecule has 3 aromatic rings. The van der Waals surface area contributed by atoms with E-state index in [2.05, 4.69) is 83.3 Å². The zero-order valence-corrected chi connectivity index (χ0v) is 17.7. The van der Waals surface area contributed by atoms with Crippen LogP contribution in [0.5, 0.6) is 0 Å². The lowest BCUT2D eigenvalue weighted by Crippen LogP contribution is -2.29. The minimum Gasteiger partial charge on any atom is -0.372 e. The molecule has 1 aliphatic rings. The molecule has 2 aromatic carbocycles. The van der Waals surface area contributed by atoms with Gasteiger partial charge in [-0.1, -0.05) is 42.5 Å². The number of nitrogens with zero attached hydrogens (tertiary/aromatic N) is 3. The van der Waals surface area contributed by atoms with Crippen LogP contribution in [0, 0.1) is 13.8 Å². The maximum Gasteiger partial charge on any atom is 0.0662 e. The van der Waals surface area contributed by atoms with Crippen LogP contribution < -0.4 is 10.2 Å². The van der Waals surface area contributed by atoms with Crippen LogP contribution in [-0.4, -0.2) is 22.9 Å². The first-order valence-corrected chi connectivity index (χ1v) is 10.8. The van der Waals surface area contributed by atoms with Gasteiger partial charge in [0.25, 0.3) is 0 Å². The monoisotopic (exact) mass is 388 g/mol. The summed E-state index contributed by atoms with van der Waals surface area (Å²) in [6.45, 7) is 9.23. The third kappa shape index (κ3) is 4.88. The summed E-state index contributed by atoms with van der Waals surface area (Å²) in [5, 5.41) is 8.37. The topological polar surface area (TPSA) is 33.1 Å². The molecule has 152 valence electrons. The highest BCUT2D eigenvalue weighted by atomic mass is 15.3. The molecule has 0 atom stereocenters. The number of anilines is 1. The van der Waals surface area contributed by atoms with Gasteiger partial charge in [-0.3, -0.25) is 4.68 Å². The Hall–Kier alpha value is -2.59. The highest BCUT2D eigenvalue weighted by molar-refractivity contribution is 5.47. The van der Waals surface area contributed by atoms with Gasteiger partial charge in [0.1, 0.15) is 0 Å². The van der Waals surface area contributed by atoms with E-state index in [0.29, 0.717) is 0 Å². The summed E-state index contributed by atoms with van der Waals surface area (Å²) >= 11 is 0. The van der Waals surface area contributed by atoms with Crippen LogP contribution in [0.2, 0.25) is 0 Å². The molecule has 0 unspecified atom stereocenters. The fourth-order valence-corrected chi connectivity index (χ4v) is 4.21. The Balaban J connectivity index is 1.33. The van der Waals surface area contributed by atoms with Crippen molar-refractivity contribution in [3.8, 4) is 0 Å². The molecular formula is C25H32N4. The predicted octanol–water partition coefficient (Wildman–Crippen LogP) is 4.83. The lowest BCUT2D eigenvalue weighted by Gasteiger charge is -2.28. The molecule has 2 heterocycles. The molecule has 0 aliphatic carbocycles. The Morgan fingerprint density at radius 1 is 0.828 bits per heavy atom. The van der Waals surface area contributed by atoms with Crippen molar-refractivity contribution < 1.29 is 0 Å². The van der Waals surface area contributed by atoms with Gasteiger partial charge in [-0.25, -0.2) is 0 Å². The van der Waals surface area contributed by atoms with Gasteiger partial charge in [0, 0.05) is 43.1 Å². The number of aromatic nitrogens is 2. The van der Waals surface area contributed by atoms with Crippen LogP contribution >= 0.6 is 0 Å². The van der Waals surface area contributed by atoms with E-state index in [4.69, 9.17) is 5.10 Å². The van der Waals surface area contributed by atoms with Crippen molar-refractivity contribution in [2.24, 2.45) is 0 Å². The maximum atomic E-state index is 4.77. The van der Waals surface area contributed by atoms with E-state index < -0.39 is 0 Å². The van der Waals surface area contributed by atoms with Gasteiger partial charge in [-0.2, -0.15) is 5.10 Å². The van der Waals surface area contributed by atoms with Gasteiger partial charge >= 0.3 is 0 Å². The van der Waals surface area contributed by atoms with Crippen molar-refractivity contribution in [1.29, 1.82) is 0 Å². The van der Waals surface area contributed by atoms with E-state index in [9.17, 15) is 0 Å². The van der Waals surface area contributed by atoms with Crippen molar-refractivity contribution in [3.63, 3.8) is 0 Å². The third-order valence-corrected chi connectivity index (χ3v) is 5.99. The van der Waals surface area contributed by atoms with Crippen LogP contribution in [0.15, 0.2) is 54.6 Å². The van der Waals surface area contributed by atoms with E-state index in [-0.39, 0.29) is 0 Å². The molecule has 0 bridgehead atoms. The molecule has 0 amide bonds. The first-order chi connectivity index (χ1) is 14.2. The average Bonchev–Trinajstić information content (AvgIpc) is 3.03. The quantitative estimate of drug-likeness (QED) is 0.629. The Kier molecular flexibility index (Phi) is 6.30. The Morgan fingerprint density at radius 2 is 1.55 bits per heavy atom. The summed E-state index contributed by atoms with van der Waals surface area (Å²) in [7, 11) is 0. The smallest absolute Gasteiger partial charge is 0.0662 e. The first kappa shape index (κ1) is 19.7. The minimum atomic E-state index is 0.825. The summed E-state index contributed by atoms with van der Waals surface area (Å²) < 4.78 is 2.12. The van der Waals surface area contributed by atoms with Crippen LogP contribution in [-0.2, 0) is 19.6 Å². The standard InChI is InChI=1S/C25H32N4/c1-20-25(21(2)29(27-20)19-23-9-5-3-6-10-23)18-26-17-22-11-13-24(14-12-22)28-15-7-4-8-16-28/h3,5-6,9-14,26H,4,7-8,15-19H2,1-2H3. The zero-order chi connectivity index (χ0) is 20.1. The van der Waals surface area contributed by atoms with Crippen LogP contribution in [0.25, 0.3) is 0 Å². The molecule has 29 heavy (non-hydrogen) atoms. The van der Waals surface area contributed by atoms with Gasteiger partial charge in [0.05, 0.1) is 12.2 Å². The average molecular weight is 389 g/mol. The van der Waals surface area contributed by atoms with Crippen molar-refractivity contribution in [2.75, 3.05) is 18.0 Å². The Morgan fingerprint density at radius 3 is 2.28 bits per heavy atom. The second-order valence-corrected chi connectivity index (χ2v) is 8.11. The molecule has 1 N–H and O–H groups in total. The fraction of sp³-hybridized carbons (Fsp3) is 0.400. The lowest BCUT2D eigenvalue weighted by molar-refractivity contribution is 0.578. The molecule has 4 rings (SSSR count). The fourth-order valence-electron chi connectivity index (χ4n) is 4.21. The molecule has 0 saturated carbocycles. The number of benzene rings is 2. The van der Waals surface area contributed by atoms with E-state index in [0.717, 1.165) is 25.3 Å². The summed E-state index contributed by atoms with van der Waals surface area (Å²) in [6.07, 6.45) is 4.01. The van der Waals surface area contributed by atoms with Gasteiger partial charge < -0.3 is 10.2 Å². The molecule has 0 spiro atoms. The molecule has 1 saturated heterocycles. The predicted molar refractivity (Wildman–Crippen MR) is 120 cm³/mol. The third-order valence-electron chi connectivity index (χ3n) is 5.99. The number of rotatable bonds is 7. The zero-order valence-electron chi connectivity index (χ0n) is 17.7. The number of nitrogens with one attached hydrogen (secondary N) is 1. The largest absolute Gasteiger partial charge is 0.372 e. The Bertz CT molecular complexity index is 906. The number of piperidine rings is 1. The SMILES string of the molecule is Cc1nn(Cc2ccccc2)c(C)c1CNCc1ccc(N2CCCCC2)cc1. The van der Waals surface area contributed by atoms with Gasteiger partial charge in [-0.15, -0.1) is 0 Å². The first-order valence-electron chi connectivity index (χ1n) is 10.8. The summed E-state index contributed by atoms with van der Waals surface area (Å²) in [4.78, 5) is 2.51. The molecule has 1 aromatic heterocycles. The molecule has 0 radical (unpaired) electrons. The van der Waals surface area contributed by atoms with Gasteiger partial charge in [0.2, 0.25) is 0 Å². The highest BCUT2D eigenvalue weighted by Crippen LogP contribution is 2.20. The van der Waals surface area contributed by atoms with Crippen molar-refractivity contribution >= 4 is 5.69 Å². The van der Waals surface area contributed by atoms with E-state index >= 15 is 0 Å². The number of hydrogen-bond donors (Lipinski definition) is 1. The van der Waals surface area contributed by atoms with Crippen molar-refractivity contribution in [1.82, 2.24) is 15.1 Å². The maximum absolute atomic E-state index is 4.77. The van der Waals surface area contributed by atoms with Gasteiger partial charge in [0.15, 0.2) is 0 Å². The van der Waals surface area contributed by atoms with Crippen LogP contribution in [0.1, 0.15) is 47.3 Å². The van der Waals surface area contributed by atoms with Gasteiger partial charge in [-0.05, 0) is 56.4 Å². The minimum absolute atomic E-state index is 0.825. The van der Waals surface area contributed by atoms with Crippen LogP contribution in [0.4, 0.5) is 5.69 Å². The van der Waals surface area contributed by atoms with E-state index in [1.807, 2.05) is 0 Å². The summed E-state index contributed by atoms with van der Waals surface area (Å²) in [6, 6.07) is 19.6. The highest BCUT2D eigenvalue weighted by Gasteiger charge is 2.12. The number of hydrogen-bond acceptors (Lipinski definition) is 3. The molecule has 4 nitrogen and oxygen atoms in total. The second kappa shape index (κ2) is 9.27. The second-order valence-electron chi connectivity index (χ2n) is 8.11. The molecule has 4 heteroatoms. The molecule has 1 fully saturated rings. The summed E-state index contributed by atoms with van der Waals surface area (Å²) in [5.41, 5.74) is 7.66. The normalized spacial score (nSPS) is 14.3. The van der Waals surface area contributed by atoms with E-state index in [1.54, 1.807) is 0 Å². The van der Waals surface area contributed by atoms with Crippen LogP contribution in [0.3, 0.4) is 0 Å². The van der Waals surface area contributed by atoms with Crippen molar-refractivity contribution in [3.05, 3.63) is 82.7 Å². The lowest BCUT2D eigenvalue weighted by atomic mass is 10.1. The van der Waals surface area contributed by atoms with Crippen molar-refractivity contribution in [2.45, 2.75) is 52.7 Å². The molecular weight excluding hydrogens is 356 g/mol. The van der Waals surface area contributed by atoms with E-state index in [1.165, 1.54) is 60.4 Å². The molecule has 1 aliphatic heterocycles. The summed E-state index contributed by atoms with van der Waals surface area (Å²) in [5.74, 6) is 0.